The fraction of sp³-hybridized carbons (Fsp3) is 0.438. The summed E-state index contributed by atoms with van der Waals surface area (Å²) in [4.78, 5) is 15.1. The molecule has 1 fully saturated rings. The van der Waals surface area contributed by atoms with Gasteiger partial charge in [-0.15, -0.1) is 12.4 Å². The summed E-state index contributed by atoms with van der Waals surface area (Å²) in [5.74, 6) is -3.13. The van der Waals surface area contributed by atoms with E-state index in [4.69, 9.17) is 0 Å². The van der Waals surface area contributed by atoms with Gasteiger partial charge in [0, 0.05) is 30.1 Å². The number of hydrogen-bond donors (Lipinski definition) is 3. The minimum atomic E-state index is -2.78. The van der Waals surface area contributed by atoms with Gasteiger partial charge >= 0.3 is 0 Å². The number of alkyl halides is 2. The monoisotopic (exact) mass is 343 g/mol. The van der Waals surface area contributed by atoms with Gasteiger partial charge in [0.15, 0.2) is 0 Å². The summed E-state index contributed by atoms with van der Waals surface area (Å²) < 4.78 is 26.1. The van der Waals surface area contributed by atoms with Crippen molar-refractivity contribution < 1.29 is 13.6 Å². The van der Waals surface area contributed by atoms with E-state index in [1.165, 1.54) is 5.56 Å². The predicted octanol–water partition coefficient (Wildman–Crippen LogP) is 2.55. The third-order valence-electron chi connectivity index (χ3n) is 4.13. The van der Waals surface area contributed by atoms with Crippen molar-refractivity contribution in [2.24, 2.45) is 0 Å². The maximum Gasteiger partial charge on any atom is 0.262 e. The molecule has 2 aromatic rings. The number of carbonyl (C=O) groups excluding carboxylic acids is 1. The number of carbonyl (C=O) groups is 1. The summed E-state index contributed by atoms with van der Waals surface area (Å²) in [5.41, 5.74) is 3.38. The normalized spacial score (nSPS) is 19.5. The standard InChI is InChI=1S/C16H19F2N3O.ClH/c1-10-3-2-4-12-11(8-20-14(10)12)5-6-19-15(22)13-7-16(17,18)9-21-13;/h2-4,8,13,20-21H,5-7,9H2,1H3,(H,19,22);1H. The number of para-hydroxylation sites is 1. The Balaban J connectivity index is 0.00000192. The van der Waals surface area contributed by atoms with E-state index in [-0.39, 0.29) is 18.3 Å². The van der Waals surface area contributed by atoms with Crippen LogP contribution in [0.3, 0.4) is 0 Å². The second kappa shape index (κ2) is 6.84. The average Bonchev–Trinajstić information content (AvgIpc) is 3.03. The van der Waals surface area contributed by atoms with Crippen LogP contribution in [0.4, 0.5) is 8.78 Å². The number of aromatic nitrogens is 1. The maximum atomic E-state index is 13.1. The molecule has 1 saturated heterocycles. The lowest BCUT2D eigenvalue weighted by Gasteiger charge is -2.11. The van der Waals surface area contributed by atoms with Gasteiger partial charge in [-0.05, 0) is 24.5 Å². The van der Waals surface area contributed by atoms with Gasteiger partial charge in [-0.2, -0.15) is 0 Å². The minimum absolute atomic E-state index is 0. The molecular weight excluding hydrogens is 324 g/mol. The summed E-state index contributed by atoms with van der Waals surface area (Å²) in [6.45, 7) is 2.05. The summed E-state index contributed by atoms with van der Waals surface area (Å²) in [7, 11) is 0. The lowest BCUT2D eigenvalue weighted by atomic mass is 10.1. The molecule has 7 heteroatoms. The quantitative estimate of drug-likeness (QED) is 0.799. The van der Waals surface area contributed by atoms with Gasteiger partial charge in [0.25, 0.3) is 5.92 Å². The molecule has 4 nitrogen and oxygen atoms in total. The second-order valence-corrected chi connectivity index (χ2v) is 5.85. The number of aromatic amines is 1. The third-order valence-corrected chi connectivity index (χ3v) is 4.13. The number of amides is 1. The van der Waals surface area contributed by atoms with Crippen LogP contribution in [-0.4, -0.2) is 35.9 Å². The Morgan fingerprint density at radius 2 is 2.22 bits per heavy atom. The van der Waals surface area contributed by atoms with Crippen LogP contribution >= 0.6 is 12.4 Å². The zero-order chi connectivity index (χ0) is 15.7. The molecule has 1 aromatic heterocycles. The van der Waals surface area contributed by atoms with Crippen molar-refractivity contribution in [2.75, 3.05) is 13.1 Å². The molecule has 0 saturated carbocycles. The number of nitrogens with one attached hydrogen (secondary N) is 3. The molecule has 1 amide bonds. The first-order chi connectivity index (χ1) is 10.5. The Labute approximate surface area is 139 Å². The molecule has 0 aliphatic carbocycles. The summed E-state index contributed by atoms with van der Waals surface area (Å²) >= 11 is 0. The average molecular weight is 344 g/mol. The fourth-order valence-electron chi connectivity index (χ4n) is 2.92. The number of H-pyrrole nitrogens is 1. The fourth-order valence-corrected chi connectivity index (χ4v) is 2.92. The first kappa shape index (κ1) is 17.7. The van der Waals surface area contributed by atoms with Gasteiger partial charge in [-0.1, -0.05) is 18.2 Å². The van der Waals surface area contributed by atoms with E-state index >= 15 is 0 Å². The van der Waals surface area contributed by atoms with Gasteiger partial charge in [-0.25, -0.2) is 8.78 Å². The predicted molar refractivity (Wildman–Crippen MR) is 88.4 cm³/mol. The highest BCUT2D eigenvalue weighted by Gasteiger charge is 2.42. The van der Waals surface area contributed by atoms with Crippen LogP contribution in [0, 0.1) is 6.92 Å². The largest absolute Gasteiger partial charge is 0.361 e. The van der Waals surface area contributed by atoms with E-state index in [0.717, 1.165) is 16.5 Å². The topological polar surface area (TPSA) is 56.9 Å². The van der Waals surface area contributed by atoms with Gasteiger partial charge in [0.1, 0.15) is 0 Å². The van der Waals surface area contributed by atoms with Crippen molar-refractivity contribution in [1.82, 2.24) is 15.6 Å². The smallest absolute Gasteiger partial charge is 0.262 e. The Bertz CT molecular complexity index is 702. The Morgan fingerprint density at radius 3 is 2.91 bits per heavy atom. The number of benzene rings is 1. The van der Waals surface area contributed by atoms with E-state index in [2.05, 4.69) is 15.6 Å². The van der Waals surface area contributed by atoms with Crippen LogP contribution in [0.2, 0.25) is 0 Å². The van der Waals surface area contributed by atoms with Crippen molar-refractivity contribution in [3.8, 4) is 0 Å². The number of halogens is 3. The lowest BCUT2D eigenvalue weighted by molar-refractivity contribution is -0.123. The van der Waals surface area contributed by atoms with Crippen molar-refractivity contribution >= 4 is 29.2 Å². The van der Waals surface area contributed by atoms with Gasteiger partial charge in [0.05, 0.1) is 12.6 Å². The molecule has 1 atom stereocenters. The zero-order valence-electron chi connectivity index (χ0n) is 12.8. The molecule has 1 aromatic carbocycles. The summed E-state index contributed by atoms with van der Waals surface area (Å²) in [6, 6.07) is 5.28. The highest BCUT2D eigenvalue weighted by Crippen LogP contribution is 2.25. The van der Waals surface area contributed by atoms with E-state index < -0.39 is 24.9 Å². The molecule has 2 heterocycles. The first-order valence-electron chi connectivity index (χ1n) is 7.41. The number of rotatable bonds is 4. The molecule has 1 unspecified atom stereocenters. The van der Waals surface area contributed by atoms with Gasteiger partial charge in [0.2, 0.25) is 5.91 Å². The molecule has 0 bridgehead atoms. The van der Waals surface area contributed by atoms with E-state index in [9.17, 15) is 13.6 Å². The van der Waals surface area contributed by atoms with Crippen molar-refractivity contribution in [1.29, 1.82) is 0 Å². The number of fused-ring (bicyclic) bond motifs is 1. The first-order valence-corrected chi connectivity index (χ1v) is 7.41. The van der Waals surface area contributed by atoms with Crippen LogP contribution < -0.4 is 10.6 Å². The molecule has 0 spiro atoms. The Kier molecular flexibility index (Phi) is 5.26. The Morgan fingerprint density at radius 1 is 1.43 bits per heavy atom. The number of aryl methyl sites for hydroxylation is 1. The molecular formula is C16H20ClF2N3O. The molecule has 23 heavy (non-hydrogen) atoms. The molecule has 3 N–H and O–H groups in total. The Hall–Kier alpha value is -1.66. The van der Waals surface area contributed by atoms with Crippen LogP contribution in [0.25, 0.3) is 10.9 Å². The lowest BCUT2D eigenvalue weighted by Crippen LogP contribution is -2.41. The SMILES string of the molecule is Cc1cccc2c(CCNC(=O)C3CC(F)(F)CN3)c[nH]c12.Cl. The van der Waals surface area contributed by atoms with Crippen LogP contribution in [0.15, 0.2) is 24.4 Å². The number of hydrogen-bond acceptors (Lipinski definition) is 2. The summed E-state index contributed by atoms with van der Waals surface area (Å²) in [5, 5.41) is 6.43. The minimum Gasteiger partial charge on any atom is -0.361 e. The summed E-state index contributed by atoms with van der Waals surface area (Å²) in [6.07, 6.45) is 2.18. The van der Waals surface area contributed by atoms with Crippen LogP contribution in [-0.2, 0) is 11.2 Å². The highest BCUT2D eigenvalue weighted by atomic mass is 35.5. The second-order valence-electron chi connectivity index (χ2n) is 5.85. The van der Waals surface area contributed by atoms with Crippen LogP contribution in [0.1, 0.15) is 17.5 Å². The van der Waals surface area contributed by atoms with Crippen LogP contribution in [0.5, 0.6) is 0 Å². The third kappa shape index (κ3) is 3.82. The molecule has 3 rings (SSSR count). The van der Waals surface area contributed by atoms with Crippen molar-refractivity contribution in [3.63, 3.8) is 0 Å². The molecule has 0 radical (unpaired) electrons. The van der Waals surface area contributed by atoms with E-state index in [1.807, 2.05) is 31.3 Å². The molecule has 1 aliphatic rings. The van der Waals surface area contributed by atoms with Crippen molar-refractivity contribution in [2.45, 2.75) is 31.7 Å². The van der Waals surface area contributed by atoms with Crippen molar-refractivity contribution in [3.05, 3.63) is 35.5 Å². The zero-order valence-corrected chi connectivity index (χ0v) is 13.6. The van der Waals surface area contributed by atoms with E-state index in [0.29, 0.717) is 13.0 Å². The molecule has 126 valence electrons. The maximum absolute atomic E-state index is 13.1. The van der Waals surface area contributed by atoms with Gasteiger partial charge in [-0.3, -0.25) is 10.1 Å². The molecule has 1 aliphatic heterocycles. The van der Waals surface area contributed by atoms with E-state index in [1.54, 1.807) is 0 Å². The highest BCUT2D eigenvalue weighted by molar-refractivity contribution is 5.86. The van der Waals surface area contributed by atoms with Gasteiger partial charge < -0.3 is 10.3 Å².